The molecule has 0 unspecified atom stereocenters. The van der Waals surface area contributed by atoms with Crippen molar-refractivity contribution in [3.63, 3.8) is 0 Å². The predicted molar refractivity (Wildman–Crippen MR) is 53.2 cm³/mol. The number of nitrogens with two attached hydrogens (primary N) is 1. The maximum absolute atomic E-state index is 12.7. The Labute approximate surface area is 77.9 Å². The van der Waals surface area contributed by atoms with Crippen molar-refractivity contribution in [2.24, 2.45) is 5.73 Å². The van der Waals surface area contributed by atoms with E-state index in [1.54, 1.807) is 6.07 Å². The number of anilines is 1. The van der Waals surface area contributed by atoms with Crippen LogP contribution in [0.4, 0.5) is 10.1 Å². The lowest BCUT2D eigenvalue weighted by atomic mass is 10.1. The topological polar surface area (TPSA) is 38.0 Å². The lowest BCUT2D eigenvalue weighted by molar-refractivity contribution is 0.549. The molecule has 3 N–H and O–H groups in total. The van der Waals surface area contributed by atoms with Gasteiger partial charge in [0, 0.05) is 17.8 Å². The van der Waals surface area contributed by atoms with E-state index in [1.165, 1.54) is 12.1 Å². The third-order valence-corrected chi connectivity index (χ3v) is 1.57. The van der Waals surface area contributed by atoms with E-state index in [4.69, 9.17) is 5.73 Å². The molecule has 0 amide bonds. The number of hydrogen-bond donors (Lipinski definition) is 2. The summed E-state index contributed by atoms with van der Waals surface area (Å²) < 4.78 is 12.7. The van der Waals surface area contributed by atoms with Crippen LogP contribution in [0.2, 0.25) is 0 Å². The average molecular weight is 182 g/mol. The van der Waals surface area contributed by atoms with Crippen molar-refractivity contribution in [2.75, 3.05) is 11.9 Å². The monoisotopic (exact) mass is 182 g/mol. The number of hydrogen-bond acceptors (Lipinski definition) is 2. The quantitative estimate of drug-likeness (QED) is 0.750. The number of rotatable bonds is 3. The van der Waals surface area contributed by atoms with Crippen LogP contribution in [0.25, 0.3) is 0 Å². The van der Waals surface area contributed by atoms with Crippen molar-refractivity contribution in [1.82, 2.24) is 0 Å². The summed E-state index contributed by atoms with van der Waals surface area (Å²) in [6.07, 6.45) is 0. The van der Waals surface area contributed by atoms with Gasteiger partial charge in [0.25, 0.3) is 0 Å². The van der Waals surface area contributed by atoms with Gasteiger partial charge in [0.15, 0.2) is 0 Å². The highest BCUT2D eigenvalue weighted by atomic mass is 19.1. The van der Waals surface area contributed by atoms with Gasteiger partial charge >= 0.3 is 0 Å². The summed E-state index contributed by atoms with van der Waals surface area (Å²) in [5.74, 6) is -0.236. The minimum absolute atomic E-state index is 0.236. The van der Waals surface area contributed by atoms with Gasteiger partial charge < -0.3 is 11.1 Å². The molecule has 0 aliphatic carbocycles. The Morgan fingerprint density at radius 1 is 1.46 bits per heavy atom. The molecule has 13 heavy (non-hydrogen) atoms. The van der Waals surface area contributed by atoms with Crippen molar-refractivity contribution in [1.29, 1.82) is 0 Å². The minimum Gasteiger partial charge on any atom is -0.383 e. The van der Waals surface area contributed by atoms with E-state index in [0.29, 0.717) is 6.54 Å². The zero-order valence-corrected chi connectivity index (χ0v) is 7.97. The van der Waals surface area contributed by atoms with Gasteiger partial charge in [0.2, 0.25) is 0 Å². The van der Waals surface area contributed by atoms with Gasteiger partial charge in [-0.05, 0) is 32.0 Å². The van der Waals surface area contributed by atoms with Gasteiger partial charge in [0.05, 0.1) is 0 Å². The molecule has 1 rings (SSSR count). The molecule has 3 heteroatoms. The third-order valence-electron chi connectivity index (χ3n) is 1.57. The van der Waals surface area contributed by atoms with Crippen LogP contribution in [0.5, 0.6) is 0 Å². The van der Waals surface area contributed by atoms with Crippen LogP contribution >= 0.6 is 0 Å². The molecule has 1 aromatic carbocycles. The van der Waals surface area contributed by atoms with E-state index in [-0.39, 0.29) is 11.4 Å². The van der Waals surface area contributed by atoms with Gasteiger partial charge in [-0.25, -0.2) is 4.39 Å². The normalized spacial score (nSPS) is 11.4. The van der Waals surface area contributed by atoms with Gasteiger partial charge in [-0.1, -0.05) is 6.07 Å². The zero-order valence-electron chi connectivity index (χ0n) is 7.97. The largest absolute Gasteiger partial charge is 0.383 e. The summed E-state index contributed by atoms with van der Waals surface area (Å²) in [5, 5.41) is 3.06. The Morgan fingerprint density at radius 3 is 2.69 bits per heavy atom. The van der Waals surface area contributed by atoms with E-state index < -0.39 is 0 Å². The second kappa shape index (κ2) is 3.75. The fourth-order valence-electron chi connectivity index (χ4n) is 0.928. The Hall–Kier alpha value is -1.09. The first kappa shape index (κ1) is 9.99. The molecule has 0 spiro atoms. The van der Waals surface area contributed by atoms with Gasteiger partial charge in [-0.3, -0.25) is 0 Å². The lowest BCUT2D eigenvalue weighted by Gasteiger charge is -2.19. The van der Waals surface area contributed by atoms with Crippen molar-refractivity contribution >= 4 is 5.69 Å². The highest BCUT2D eigenvalue weighted by Crippen LogP contribution is 2.09. The fraction of sp³-hybridized carbons (Fsp3) is 0.400. The molecular weight excluding hydrogens is 167 g/mol. The summed E-state index contributed by atoms with van der Waals surface area (Å²) in [4.78, 5) is 0. The molecule has 0 saturated heterocycles. The van der Waals surface area contributed by atoms with E-state index in [2.05, 4.69) is 5.32 Å². The first-order chi connectivity index (χ1) is 5.97. The van der Waals surface area contributed by atoms with E-state index in [0.717, 1.165) is 5.69 Å². The number of nitrogens with one attached hydrogen (secondary N) is 1. The summed E-state index contributed by atoms with van der Waals surface area (Å²) >= 11 is 0. The molecule has 0 aliphatic rings. The number of benzene rings is 1. The molecule has 0 heterocycles. The van der Waals surface area contributed by atoms with E-state index >= 15 is 0 Å². The predicted octanol–water partition coefficient (Wildman–Crippen LogP) is 1.97. The zero-order chi connectivity index (χ0) is 9.90. The molecule has 0 radical (unpaired) electrons. The Bertz CT molecular complexity index is 278. The smallest absolute Gasteiger partial charge is 0.125 e. The second-order valence-electron chi connectivity index (χ2n) is 3.85. The van der Waals surface area contributed by atoms with Crippen LogP contribution in [0.3, 0.4) is 0 Å². The van der Waals surface area contributed by atoms with E-state index in [9.17, 15) is 4.39 Å². The van der Waals surface area contributed by atoms with Gasteiger partial charge in [0.1, 0.15) is 5.82 Å². The van der Waals surface area contributed by atoms with Crippen molar-refractivity contribution in [3.05, 3.63) is 30.1 Å². The van der Waals surface area contributed by atoms with Crippen LogP contribution < -0.4 is 11.1 Å². The molecule has 0 aromatic heterocycles. The Balaban J connectivity index is 2.55. The summed E-state index contributed by atoms with van der Waals surface area (Å²) in [6, 6.07) is 6.35. The van der Waals surface area contributed by atoms with Crippen LogP contribution in [0.15, 0.2) is 24.3 Å². The maximum Gasteiger partial charge on any atom is 0.125 e. The Morgan fingerprint density at radius 2 is 2.15 bits per heavy atom. The minimum atomic E-state index is -0.285. The first-order valence-electron chi connectivity index (χ1n) is 4.26. The SMILES string of the molecule is CC(C)(N)CNc1cccc(F)c1. The molecule has 2 nitrogen and oxygen atoms in total. The van der Waals surface area contributed by atoms with Gasteiger partial charge in [-0.2, -0.15) is 0 Å². The average Bonchev–Trinajstić information content (AvgIpc) is 2.00. The highest BCUT2D eigenvalue weighted by molar-refractivity contribution is 5.43. The van der Waals surface area contributed by atoms with Crippen LogP contribution in [-0.2, 0) is 0 Å². The van der Waals surface area contributed by atoms with Crippen LogP contribution in [-0.4, -0.2) is 12.1 Å². The van der Waals surface area contributed by atoms with E-state index in [1.807, 2.05) is 19.9 Å². The van der Waals surface area contributed by atoms with Crippen LogP contribution in [0, 0.1) is 5.82 Å². The highest BCUT2D eigenvalue weighted by Gasteiger charge is 2.09. The molecule has 0 aliphatic heterocycles. The molecule has 72 valence electrons. The maximum atomic E-state index is 12.7. The lowest BCUT2D eigenvalue weighted by Crippen LogP contribution is -2.39. The fourth-order valence-corrected chi connectivity index (χ4v) is 0.928. The van der Waals surface area contributed by atoms with Gasteiger partial charge in [-0.15, -0.1) is 0 Å². The summed E-state index contributed by atoms with van der Waals surface area (Å²) in [7, 11) is 0. The Kier molecular flexibility index (Phi) is 2.88. The summed E-state index contributed by atoms with van der Waals surface area (Å²) in [5.41, 5.74) is 6.24. The molecular formula is C10H15FN2. The first-order valence-corrected chi connectivity index (χ1v) is 4.26. The van der Waals surface area contributed by atoms with Crippen LogP contribution in [0.1, 0.15) is 13.8 Å². The van der Waals surface area contributed by atoms with Crippen molar-refractivity contribution in [2.45, 2.75) is 19.4 Å². The molecule has 1 aromatic rings. The molecule has 0 atom stereocenters. The van der Waals surface area contributed by atoms with Crippen molar-refractivity contribution in [3.8, 4) is 0 Å². The molecule has 0 saturated carbocycles. The molecule has 0 fully saturated rings. The number of halogens is 1. The third kappa shape index (κ3) is 3.90. The summed E-state index contributed by atoms with van der Waals surface area (Å²) in [6.45, 7) is 4.45. The van der Waals surface area contributed by atoms with Crippen molar-refractivity contribution < 1.29 is 4.39 Å². The molecule has 0 bridgehead atoms. The standard InChI is InChI=1S/C10H15FN2/c1-10(2,12)7-13-9-5-3-4-8(11)6-9/h3-6,13H,7,12H2,1-2H3. The second-order valence-corrected chi connectivity index (χ2v) is 3.85.